The predicted octanol–water partition coefficient (Wildman–Crippen LogP) is 2.13. The first-order valence-electron chi connectivity index (χ1n) is 6.48. The Morgan fingerprint density at radius 2 is 2.00 bits per heavy atom. The highest BCUT2D eigenvalue weighted by Crippen LogP contribution is 2.27. The summed E-state index contributed by atoms with van der Waals surface area (Å²) in [6.07, 6.45) is 0.132. The summed E-state index contributed by atoms with van der Waals surface area (Å²) in [4.78, 5) is 17.5. The van der Waals surface area contributed by atoms with E-state index in [-0.39, 0.29) is 11.8 Å². The maximum atomic E-state index is 10.9. The molecule has 1 aliphatic heterocycles. The van der Waals surface area contributed by atoms with E-state index in [4.69, 9.17) is 5.11 Å². The molecule has 0 atom stereocenters. The number of carboxylic acid groups (broad SMARTS) is 1. The van der Waals surface area contributed by atoms with Gasteiger partial charge in [-0.25, -0.2) is 0 Å². The topological polar surface area (TPSA) is 52.9 Å². The molecule has 0 aromatic heterocycles. The summed E-state index contributed by atoms with van der Waals surface area (Å²) >= 11 is 0. The van der Waals surface area contributed by atoms with Gasteiger partial charge in [0, 0.05) is 24.6 Å². The van der Waals surface area contributed by atoms with Crippen molar-refractivity contribution in [2.75, 3.05) is 20.1 Å². The van der Waals surface area contributed by atoms with E-state index in [1.807, 2.05) is 45.2 Å². The number of hydrogen-bond acceptors (Lipinski definition) is 3. The van der Waals surface area contributed by atoms with Crippen molar-refractivity contribution in [1.82, 2.24) is 4.90 Å². The van der Waals surface area contributed by atoms with Crippen molar-refractivity contribution in [3.8, 4) is 0 Å². The summed E-state index contributed by atoms with van der Waals surface area (Å²) in [7, 11) is 2.04. The minimum absolute atomic E-state index is 0.132. The number of carbonyl (C=O) groups is 1. The van der Waals surface area contributed by atoms with Crippen LogP contribution >= 0.6 is 0 Å². The quantitative estimate of drug-likeness (QED) is 0.902. The molecule has 1 aromatic rings. The van der Waals surface area contributed by atoms with Crippen LogP contribution in [0.2, 0.25) is 0 Å². The van der Waals surface area contributed by atoms with Gasteiger partial charge in [-0.3, -0.25) is 9.79 Å². The highest BCUT2D eigenvalue weighted by Gasteiger charge is 2.24. The second-order valence-electron chi connectivity index (χ2n) is 5.66. The number of carboxylic acids is 1. The lowest BCUT2D eigenvalue weighted by Crippen LogP contribution is -2.24. The molecule has 0 fully saturated rings. The molecule has 102 valence electrons. The number of rotatable bonds is 4. The zero-order valence-corrected chi connectivity index (χ0v) is 11.7. The summed E-state index contributed by atoms with van der Waals surface area (Å²) < 4.78 is 0. The van der Waals surface area contributed by atoms with Crippen LogP contribution in [0.25, 0.3) is 0 Å². The van der Waals surface area contributed by atoms with Crippen LogP contribution in [0.1, 0.15) is 31.4 Å². The van der Waals surface area contributed by atoms with Gasteiger partial charge in [0.25, 0.3) is 0 Å². The first kappa shape index (κ1) is 13.6. The summed E-state index contributed by atoms with van der Waals surface area (Å²) in [6, 6.07) is 8.07. The Hall–Kier alpha value is -1.84. The molecule has 1 N–H and O–H groups in total. The molecule has 0 saturated carbocycles. The van der Waals surface area contributed by atoms with Crippen molar-refractivity contribution in [2.45, 2.75) is 25.7 Å². The second kappa shape index (κ2) is 5.03. The van der Waals surface area contributed by atoms with Gasteiger partial charge in [-0.2, -0.15) is 0 Å². The van der Waals surface area contributed by atoms with E-state index in [0.29, 0.717) is 0 Å². The molecule has 0 bridgehead atoms. The third-order valence-electron chi connectivity index (χ3n) is 3.58. The number of benzene rings is 1. The van der Waals surface area contributed by atoms with Gasteiger partial charge >= 0.3 is 5.97 Å². The number of likely N-dealkylation sites (N-methyl/N-ethyl adjacent to an activating group) is 1. The van der Waals surface area contributed by atoms with E-state index in [9.17, 15) is 4.79 Å². The van der Waals surface area contributed by atoms with E-state index in [0.717, 1.165) is 30.1 Å². The number of aliphatic imine (C=N–C) groups is 1. The van der Waals surface area contributed by atoms with Crippen molar-refractivity contribution in [3.63, 3.8) is 0 Å². The number of aliphatic carboxylic acids is 1. The highest BCUT2D eigenvalue weighted by molar-refractivity contribution is 5.99. The van der Waals surface area contributed by atoms with Gasteiger partial charge in [-0.1, -0.05) is 38.1 Å². The van der Waals surface area contributed by atoms with Gasteiger partial charge in [-0.15, -0.1) is 0 Å². The maximum absolute atomic E-state index is 10.9. The summed E-state index contributed by atoms with van der Waals surface area (Å²) in [5.74, 6) is 0.247. The Kier molecular flexibility index (Phi) is 3.60. The first-order chi connectivity index (χ1) is 8.90. The van der Waals surface area contributed by atoms with E-state index in [2.05, 4.69) is 9.89 Å². The standard InChI is InChI=1S/C15H20N2O2/c1-15(2,10-13(18)19)12-6-4-11(5-7-12)14-16-8-9-17(14)3/h4-7H,8-10H2,1-3H3,(H,18,19). The van der Waals surface area contributed by atoms with E-state index in [1.54, 1.807) is 0 Å². The molecule has 1 aromatic carbocycles. The highest BCUT2D eigenvalue weighted by atomic mass is 16.4. The zero-order valence-electron chi connectivity index (χ0n) is 11.7. The fourth-order valence-corrected chi connectivity index (χ4v) is 2.39. The van der Waals surface area contributed by atoms with Crippen molar-refractivity contribution in [2.24, 2.45) is 4.99 Å². The van der Waals surface area contributed by atoms with Crippen LogP contribution in [0.4, 0.5) is 0 Å². The Balaban J connectivity index is 2.21. The molecule has 2 rings (SSSR count). The van der Waals surface area contributed by atoms with Crippen molar-refractivity contribution < 1.29 is 9.90 Å². The fraction of sp³-hybridized carbons (Fsp3) is 0.467. The Morgan fingerprint density at radius 3 is 2.47 bits per heavy atom. The van der Waals surface area contributed by atoms with Crippen LogP contribution in [0, 0.1) is 0 Å². The van der Waals surface area contributed by atoms with Crippen LogP contribution in [-0.4, -0.2) is 41.9 Å². The van der Waals surface area contributed by atoms with Crippen LogP contribution in [0.3, 0.4) is 0 Å². The smallest absolute Gasteiger partial charge is 0.304 e. The summed E-state index contributed by atoms with van der Waals surface area (Å²) in [5, 5.41) is 8.95. The molecule has 0 spiro atoms. The second-order valence-corrected chi connectivity index (χ2v) is 5.66. The number of amidine groups is 1. The Morgan fingerprint density at radius 1 is 1.37 bits per heavy atom. The lowest BCUT2D eigenvalue weighted by atomic mass is 9.81. The minimum Gasteiger partial charge on any atom is -0.481 e. The fourth-order valence-electron chi connectivity index (χ4n) is 2.39. The lowest BCUT2D eigenvalue weighted by molar-refractivity contribution is -0.138. The van der Waals surface area contributed by atoms with Gasteiger partial charge in [0.15, 0.2) is 0 Å². The lowest BCUT2D eigenvalue weighted by Gasteiger charge is -2.23. The monoisotopic (exact) mass is 260 g/mol. The first-order valence-corrected chi connectivity index (χ1v) is 6.48. The molecule has 0 unspecified atom stereocenters. The van der Waals surface area contributed by atoms with Crippen LogP contribution < -0.4 is 0 Å². The minimum atomic E-state index is -0.769. The van der Waals surface area contributed by atoms with Crippen LogP contribution in [0.5, 0.6) is 0 Å². The average molecular weight is 260 g/mol. The van der Waals surface area contributed by atoms with Gasteiger partial charge < -0.3 is 10.0 Å². The average Bonchev–Trinajstić information content (AvgIpc) is 2.74. The van der Waals surface area contributed by atoms with Gasteiger partial charge in [0.05, 0.1) is 13.0 Å². The maximum Gasteiger partial charge on any atom is 0.304 e. The van der Waals surface area contributed by atoms with Gasteiger partial charge in [0.1, 0.15) is 5.84 Å². The predicted molar refractivity (Wildman–Crippen MR) is 75.8 cm³/mol. The largest absolute Gasteiger partial charge is 0.481 e. The molecule has 0 radical (unpaired) electrons. The Bertz CT molecular complexity index is 503. The molecule has 19 heavy (non-hydrogen) atoms. The molecule has 1 aliphatic rings. The van der Waals surface area contributed by atoms with E-state index in [1.165, 1.54) is 0 Å². The van der Waals surface area contributed by atoms with Gasteiger partial charge in [-0.05, 0) is 5.56 Å². The molecule has 1 heterocycles. The van der Waals surface area contributed by atoms with Crippen LogP contribution in [-0.2, 0) is 10.2 Å². The number of nitrogens with zero attached hydrogens (tertiary/aromatic N) is 2. The normalized spacial score (nSPS) is 15.5. The van der Waals surface area contributed by atoms with E-state index >= 15 is 0 Å². The third-order valence-corrected chi connectivity index (χ3v) is 3.58. The molecule has 0 aliphatic carbocycles. The van der Waals surface area contributed by atoms with Gasteiger partial charge in [0.2, 0.25) is 0 Å². The van der Waals surface area contributed by atoms with Crippen molar-refractivity contribution in [1.29, 1.82) is 0 Å². The molecular formula is C15H20N2O2. The molecule has 0 saturated heterocycles. The molecule has 4 nitrogen and oxygen atoms in total. The molecule has 0 amide bonds. The SMILES string of the molecule is CN1CCN=C1c1ccc(C(C)(C)CC(=O)O)cc1. The third kappa shape index (κ3) is 2.95. The number of hydrogen-bond donors (Lipinski definition) is 1. The summed E-state index contributed by atoms with van der Waals surface area (Å²) in [5.41, 5.74) is 1.78. The Labute approximate surface area is 113 Å². The molecule has 4 heteroatoms. The zero-order chi connectivity index (χ0) is 14.0. The van der Waals surface area contributed by atoms with E-state index < -0.39 is 5.97 Å². The summed E-state index contributed by atoms with van der Waals surface area (Å²) in [6.45, 7) is 5.71. The van der Waals surface area contributed by atoms with Crippen LogP contribution in [0.15, 0.2) is 29.3 Å². The van der Waals surface area contributed by atoms with Crippen molar-refractivity contribution in [3.05, 3.63) is 35.4 Å². The molecular weight excluding hydrogens is 240 g/mol. The van der Waals surface area contributed by atoms with Crippen molar-refractivity contribution >= 4 is 11.8 Å².